The number of rotatable bonds is 3. The first-order valence-corrected chi connectivity index (χ1v) is 10.6. The molecular weight excluding hydrogens is 350 g/mol. The molecule has 2 amide bonds. The van der Waals surface area contributed by atoms with E-state index in [2.05, 4.69) is 34.5 Å². The van der Waals surface area contributed by atoms with Crippen molar-refractivity contribution < 1.29 is 9.21 Å². The zero-order valence-electron chi connectivity index (χ0n) is 16.4. The fraction of sp³-hybridized carbons (Fsp3) is 0.522. The van der Waals surface area contributed by atoms with E-state index in [1.54, 1.807) is 6.26 Å². The number of carbonyl (C=O) groups is 1. The summed E-state index contributed by atoms with van der Waals surface area (Å²) in [6, 6.07) is 13.4. The van der Waals surface area contributed by atoms with Crippen molar-refractivity contribution in [1.29, 1.82) is 0 Å². The first kappa shape index (κ1) is 17.8. The van der Waals surface area contributed by atoms with Crippen molar-refractivity contribution in [1.82, 2.24) is 15.1 Å². The zero-order chi connectivity index (χ0) is 19.0. The van der Waals surface area contributed by atoms with Gasteiger partial charge in [0, 0.05) is 37.6 Å². The number of urea groups is 1. The van der Waals surface area contributed by atoms with Crippen LogP contribution in [0.15, 0.2) is 47.1 Å². The summed E-state index contributed by atoms with van der Waals surface area (Å²) in [5, 5.41) is 3.71. The van der Waals surface area contributed by atoms with Crippen molar-refractivity contribution >= 4 is 6.03 Å². The molecule has 2 fully saturated rings. The topological polar surface area (TPSA) is 48.7 Å². The minimum Gasteiger partial charge on any atom is -0.468 e. The normalized spacial score (nSPS) is 23.4. The Hall–Kier alpha value is -2.27. The summed E-state index contributed by atoms with van der Waals surface area (Å²) in [6.45, 7) is 4.36. The standard InChI is InChI=1S/C23H29N3O2/c27-22(25-11-3-4-12-25)26-13-9-23(10-14-26)16-21(19-7-1-2-8-20(19)23)24-17-18-6-5-15-28-18/h1-2,5-8,15,21,24H,3-4,9-14,16-17H2/t21-/m0/s1. The summed E-state index contributed by atoms with van der Waals surface area (Å²) in [6.07, 6.45) is 7.26. The van der Waals surface area contributed by atoms with Crippen LogP contribution in [-0.4, -0.2) is 42.0 Å². The van der Waals surface area contributed by atoms with Gasteiger partial charge in [0.2, 0.25) is 0 Å². The van der Waals surface area contributed by atoms with Crippen molar-refractivity contribution in [3.05, 3.63) is 59.5 Å². The number of likely N-dealkylation sites (tertiary alicyclic amines) is 2. The first-order chi connectivity index (χ1) is 13.8. The number of hydrogen-bond donors (Lipinski definition) is 1. The molecule has 3 heterocycles. The molecule has 1 N–H and O–H groups in total. The number of furan rings is 1. The van der Waals surface area contributed by atoms with Gasteiger partial charge in [0.05, 0.1) is 12.8 Å². The molecule has 1 aromatic carbocycles. The average Bonchev–Trinajstić information content (AvgIpc) is 3.49. The number of nitrogens with one attached hydrogen (secondary N) is 1. The van der Waals surface area contributed by atoms with Gasteiger partial charge in [0.15, 0.2) is 0 Å². The molecule has 1 aromatic heterocycles. The van der Waals surface area contributed by atoms with Crippen molar-refractivity contribution in [3.8, 4) is 0 Å². The Balaban J connectivity index is 1.29. The van der Waals surface area contributed by atoms with E-state index >= 15 is 0 Å². The molecule has 5 nitrogen and oxygen atoms in total. The SMILES string of the molecule is O=C(N1CCCC1)N1CCC2(CC1)C[C@H](NCc1ccco1)c1ccccc12. The van der Waals surface area contributed by atoms with E-state index in [9.17, 15) is 4.79 Å². The van der Waals surface area contributed by atoms with Gasteiger partial charge < -0.3 is 19.5 Å². The summed E-state index contributed by atoms with van der Waals surface area (Å²) in [5.74, 6) is 0.976. The molecule has 5 rings (SSSR count). The van der Waals surface area contributed by atoms with Crippen molar-refractivity contribution in [3.63, 3.8) is 0 Å². The van der Waals surface area contributed by atoms with Gasteiger partial charge >= 0.3 is 6.03 Å². The van der Waals surface area contributed by atoms with E-state index in [4.69, 9.17) is 4.42 Å². The number of piperidine rings is 1. The lowest BCUT2D eigenvalue weighted by atomic mass is 9.73. The van der Waals surface area contributed by atoms with Gasteiger partial charge in [0.1, 0.15) is 5.76 Å². The molecule has 0 saturated carbocycles. The van der Waals surface area contributed by atoms with Crippen LogP contribution in [0.25, 0.3) is 0 Å². The van der Waals surface area contributed by atoms with E-state index in [0.29, 0.717) is 6.04 Å². The maximum absolute atomic E-state index is 12.8. The number of fused-ring (bicyclic) bond motifs is 2. The molecule has 2 aliphatic heterocycles. The lowest BCUT2D eigenvalue weighted by Crippen LogP contribution is -2.49. The minimum absolute atomic E-state index is 0.194. The second kappa shape index (κ2) is 7.28. The van der Waals surface area contributed by atoms with Crippen LogP contribution >= 0.6 is 0 Å². The highest BCUT2D eigenvalue weighted by Gasteiger charge is 2.46. The lowest BCUT2D eigenvalue weighted by molar-refractivity contribution is 0.128. The average molecular weight is 380 g/mol. The number of hydrogen-bond acceptors (Lipinski definition) is 3. The monoisotopic (exact) mass is 379 g/mol. The summed E-state index contributed by atoms with van der Waals surface area (Å²) >= 11 is 0. The molecule has 0 unspecified atom stereocenters. The zero-order valence-corrected chi connectivity index (χ0v) is 16.4. The van der Waals surface area contributed by atoms with Crippen molar-refractivity contribution in [2.24, 2.45) is 0 Å². The molecule has 5 heteroatoms. The minimum atomic E-state index is 0.194. The molecule has 0 bridgehead atoms. The van der Waals surface area contributed by atoms with Crippen LogP contribution in [0.3, 0.4) is 0 Å². The van der Waals surface area contributed by atoms with Gasteiger partial charge in [-0.3, -0.25) is 0 Å². The molecule has 28 heavy (non-hydrogen) atoms. The number of nitrogens with zero attached hydrogens (tertiary/aromatic N) is 2. The van der Waals surface area contributed by atoms with Gasteiger partial charge in [0.25, 0.3) is 0 Å². The molecule has 1 aliphatic carbocycles. The number of carbonyl (C=O) groups excluding carboxylic acids is 1. The third-order valence-electron chi connectivity index (χ3n) is 6.97. The summed E-state index contributed by atoms with van der Waals surface area (Å²) < 4.78 is 5.50. The summed E-state index contributed by atoms with van der Waals surface area (Å²) in [7, 11) is 0. The molecule has 1 atom stereocenters. The van der Waals surface area contributed by atoms with Crippen molar-refractivity contribution in [2.75, 3.05) is 26.2 Å². The fourth-order valence-corrected chi connectivity index (χ4v) is 5.42. The van der Waals surface area contributed by atoms with Crippen LogP contribution in [0, 0.1) is 0 Å². The fourth-order valence-electron chi connectivity index (χ4n) is 5.42. The predicted octanol–water partition coefficient (Wildman–Crippen LogP) is 4.06. The Morgan fingerprint density at radius 1 is 1.04 bits per heavy atom. The quantitative estimate of drug-likeness (QED) is 0.875. The Labute approximate surface area is 166 Å². The maximum atomic E-state index is 12.8. The van der Waals surface area contributed by atoms with E-state index in [-0.39, 0.29) is 11.4 Å². The van der Waals surface area contributed by atoms with Gasteiger partial charge in [-0.1, -0.05) is 24.3 Å². The van der Waals surface area contributed by atoms with Gasteiger partial charge in [-0.05, 0) is 55.4 Å². The van der Waals surface area contributed by atoms with Gasteiger partial charge in [-0.2, -0.15) is 0 Å². The smallest absolute Gasteiger partial charge is 0.319 e. The first-order valence-electron chi connectivity index (χ1n) is 10.6. The molecule has 1 spiro atoms. The predicted molar refractivity (Wildman–Crippen MR) is 108 cm³/mol. The highest BCUT2D eigenvalue weighted by Crippen LogP contribution is 2.50. The molecule has 0 radical (unpaired) electrons. The Morgan fingerprint density at radius 3 is 2.54 bits per heavy atom. The highest BCUT2D eigenvalue weighted by atomic mass is 16.3. The maximum Gasteiger partial charge on any atom is 0.319 e. The van der Waals surface area contributed by atoms with E-state index in [1.165, 1.54) is 11.1 Å². The number of amides is 2. The van der Waals surface area contributed by atoms with Crippen LogP contribution in [-0.2, 0) is 12.0 Å². The molecule has 2 aromatic rings. The second-order valence-corrected chi connectivity index (χ2v) is 8.55. The largest absolute Gasteiger partial charge is 0.468 e. The van der Waals surface area contributed by atoms with Gasteiger partial charge in [-0.25, -0.2) is 4.79 Å². The Morgan fingerprint density at radius 2 is 1.79 bits per heavy atom. The molecule has 148 valence electrons. The Bertz CT molecular complexity index is 818. The lowest BCUT2D eigenvalue weighted by Gasteiger charge is -2.41. The van der Waals surface area contributed by atoms with E-state index < -0.39 is 0 Å². The van der Waals surface area contributed by atoms with Crippen LogP contribution < -0.4 is 5.32 Å². The third kappa shape index (κ3) is 3.12. The van der Waals surface area contributed by atoms with Gasteiger partial charge in [-0.15, -0.1) is 0 Å². The third-order valence-corrected chi connectivity index (χ3v) is 6.97. The van der Waals surface area contributed by atoms with E-state index in [1.807, 2.05) is 17.0 Å². The van der Waals surface area contributed by atoms with Crippen molar-refractivity contribution in [2.45, 2.75) is 50.1 Å². The summed E-state index contributed by atoms with van der Waals surface area (Å²) in [4.78, 5) is 16.9. The summed E-state index contributed by atoms with van der Waals surface area (Å²) in [5.41, 5.74) is 3.10. The van der Waals surface area contributed by atoms with E-state index in [0.717, 1.165) is 70.6 Å². The van der Waals surface area contributed by atoms with Crippen LogP contribution in [0.5, 0.6) is 0 Å². The second-order valence-electron chi connectivity index (χ2n) is 8.55. The van der Waals surface area contributed by atoms with Crippen LogP contribution in [0.4, 0.5) is 4.79 Å². The molecule has 2 saturated heterocycles. The van der Waals surface area contributed by atoms with Crippen LogP contribution in [0.2, 0.25) is 0 Å². The number of benzene rings is 1. The Kier molecular flexibility index (Phi) is 4.63. The van der Waals surface area contributed by atoms with Crippen LogP contribution in [0.1, 0.15) is 55.0 Å². The molecule has 3 aliphatic rings. The highest BCUT2D eigenvalue weighted by molar-refractivity contribution is 5.75. The molecular formula is C23H29N3O2.